The summed E-state index contributed by atoms with van der Waals surface area (Å²) >= 11 is 3.47. The number of nitrogens with zero attached hydrogens (tertiary/aromatic N) is 1. The van der Waals surface area contributed by atoms with E-state index < -0.39 is 0 Å². The number of amides is 1. The van der Waals surface area contributed by atoms with Gasteiger partial charge in [0.25, 0.3) is 0 Å². The minimum absolute atomic E-state index is 0.0703. The highest BCUT2D eigenvalue weighted by Gasteiger charge is 2.37. The van der Waals surface area contributed by atoms with E-state index in [1.54, 1.807) is 6.07 Å². The Labute approximate surface area is 158 Å². The molecule has 0 saturated heterocycles. The van der Waals surface area contributed by atoms with Crippen molar-refractivity contribution < 1.29 is 9.18 Å². The Balaban J connectivity index is 1.73. The van der Waals surface area contributed by atoms with Crippen molar-refractivity contribution in [2.24, 2.45) is 5.92 Å². The molecule has 1 heterocycles. The van der Waals surface area contributed by atoms with E-state index in [-0.39, 0.29) is 23.7 Å². The summed E-state index contributed by atoms with van der Waals surface area (Å²) < 4.78 is 14.6. The van der Waals surface area contributed by atoms with E-state index in [9.17, 15) is 9.18 Å². The number of fused-ring (bicyclic) bond motifs is 1. The van der Waals surface area contributed by atoms with Crippen LogP contribution < -0.4 is 10.2 Å². The molecule has 5 heteroatoms. The van der Waals surface area contributed by atoms with Crippen molar-refractivity contribution in [3.05, 3.63) is 28.0 Å². The summed E-state index contributed by atoms with van der Waals surface area (Å²) in [6.45, 7) is 5.54. The molecule has 1 aliphatic heterocycles. The lowest BCUT2D eigenvalue weighted by Gasteiger charge is -2.24. The molecule has 1 saturated carbocycles. The van der Waals surface area contributed by atoms with Crippen molar-refractivity contribution in [1.29, 1.82) is 0 Å². The van der Waals surface area contributed by atoms with Crippen molar-refractivity contribution in [3.63, 3.8) is 0 Å². The fourth-order valence-electron chi connectivity index (χ4n) is 4.18. The second kappa shape index (κ2) is 8.07. The summed E-state index contributed by atoms with van der Waals surface area (Å²) in [4.78, 5) is 15.0. The molecule has 3 rings (SSSR count). The van der Waals surface area contributed by atoms with Gasteiger partial charge in [0.2, 0.25) is 5.91 Å². The van der Waals surface area contributed by atoms with E-state index in [0.29, 0.717) is 16.9 Å². The van der Waals surface area contributed by atoms with Crippen molar-refractivity contribution in [2.45, 2.75) is 64.3 Å². The van der Waals surface area contributed by atoms with Gasteiger partial charge in [-0.15, -0.1) is 0 Å². The largest absolute Gasteiger partial charge is 0.368 e. The number of hydrogen-bond donors (Lipinski definition) is 1. The third kappa shape index (κ3) is 4.18. The number of halogens is 2. The van der Waals surface area contributed by atoms with Crippen LogP contribution in [0.4, 0.5) is 10.1 Å². The van der Waals surface area contributed by atoms with Crippen LogP contribution in [0.2, 0.25) is 0 Å². The van der Waals surface area contributed by atoms with Crippen LogP contribution in [-0.4, -0.2) is 25.0 Å². The molecule has 2 aliphatic rings. The Morgan fingerprint density at radius 2 is 1.96 bits per heavy atom. The van der Waals surface area contributed by atoms with Gasteiger partial charge in [-0.3, -0.25) is 4.79 Å². The van der Waals surface area contributed by atoms with Gasteiger partial charge in [-0.2, -0.15) is 0 Å². The third-order valence-electron chi connectivity index (χ3n) is 5.59. The van der Waals surface area contributed by atoms with Gasteiger partial charge < -0.3 is 10.2 Å². The standard InChI is InChI=1S/C20H28BrFN2O/c1-13(2)24-12-16(19-17(21)9-15(22)10-18(19)24)20(25)23-11-14-7-5-3-4-6-8-14/h9-10,13-14,16H,3-8,11-12H2,1-2H3,(H,23,25). The fourth-order valence-corrected chi connectivity index (χ4v) is 4.88. The summed E-state index contributed by atoms with van der Waals surface area (Å²) in [6, 6.07) is 3.25. The van der Waals surface area contributed by atoms with Gasteiger partial charge in [-0.05, 0) is 44.7 Å². The first-order chi connectivity index (χ1) is 12.0. The second-order valence-corrected chi connectivity index (χ2v) is 8.58. The van der Waals surface area contributed by atoms with Crippen molar-refractivity contribution in [1.82, 2.24) is 5.32 Å². The molecule has 1 aromatic carbocycles. The van der Waals surface area contributed by atoms with Crippen LogP contribution in [0.15, 0.2) is 16.6 Å². The first-order valence-corrected chi connectivity index (χ1v) is 10.3. The lowest BCUT2D eigenvalue weighted by Crippen LogP contribution is -2.37. The van der Waals surface area contributed by atoms with Crippen molar-refractivity contribution >= 4 is 27.5 Å². The number of hydrogen-bond acceptors (Lipinski definition) is 2. The lowest BCUT2D eigenvalue weighted by molar-refractivity contribution is -0.122. The van der Waals surface area contributed by atoms with E-state index in [1.807, 2.05) is 0 Å². The highest BCUT2D eigenvalue weighted by atomic mass is 79.9. The maximum absolute atomic E-state index is 13.9. The normalized spacial score (nSPS) is 21.3. The van der Waals surface area contributed by atoms with Gasteiger partial charge in [0.05, 0.1) is 5.92 Å². The van der Waals surface area contributed by atoms with Gasteiger partial charge >= 0.3 is 0 Å². The van der Waals surface area contributed by atoms with Crippen molar-refractivity contribution in [3.8, 4) is 0 Å². The van der Waals surface area contributed by atoms with Crippen LogP contribution >= 0.6 is 15.9 Å². The predicted molar refractivity (Wildman–Crippen MR) is 104 cm³/mol. The van der Waals surface area contributed by atoms with Crippen LogP contribution in [0.1, 0.15) is 63.9 Å². The Hall–Kier alpha value is -1.10. The minimum atomic E-state index is -0.268. The Morgan fingerprint density at radius 3 is 2.60 bits per heavy atom. The summed E-state index contributed by atoms with van der Waals surface area (Å²) in [7, 11) is 0. The molecular formula is C20H28BrFN2O. The molecule has 1 unspecified atom stereocenters. The number of anilines is 1. The molecule has 1 aliphatic carbocycles. The minimum Gasteiger partial charge on any atom is -0.368 e. The van der Waals surface area contributed by atoms with Gasteiger partial charge in [0, 0.05) is 34.9 Å². The maximum atomic E-state index is 13.9. The lowest BCUT2D eigenvalue weighted by atomic mass is 9.98. The second-order valence-electron chi connectivity index (χ2n) is 7.72. The van der Waals surface area contributed by atoms with Crippen LogP contribution in [0.5, 0.6) is 0 Å². The van der Waals surface area contributed by atoms with Gasteiger partial charge in [-0.1, -0.05) is 41.6 Å². The zero-order valence-electron chi connectivity index (χ0n) is 15.2. The monoisotopic (exact) mass is 410 g/mol. The SMILES string of the molecule is CC(C)N1CC(C(=O)NCC2CCCCCC2)c2c(Br)cc(F)cc21. The van der Waals surface area contributed by atoms with E-state index in [2.05, 4.69) is 40.0 Å². The molecule has 1 amide bonds. The molecule has 1 aromatic rings. The number of carbonyl (C=O) groups is 1. The highest BCUT2D eigenvalue weighted by molar-refractivity contribution is 9.10. The average molecular weight is 411 g/mol. The third-order valence-corrected chi connectivity index (χ3v) is 6.25. The first kappa shape index (κ1) is 18.7. The Bertz CT molecular complexity index is 626. The average Bonchev–Trinajstić information content (AvgIpc) is 2.75. The molecular weight excluding hydrogens is 383 g/mol. The van der Waals surface area contributed by atoms with Crippen LogP contribution in [0, 0.1) is 11.7 Å². The predicted octanol–water partition coefficient (Wildman–Crippen LogP) is 4.99. The van der Waals surface area contributed by atoms with Gasteiger partial charge in [0.1, 0.15) is 5.82 Å². The summed E-state index contributed by atoms with van der Waals surface area (Å²) in [6.07, 6.45) is 7.63. The molecule has 0 aromatic heterocycles. The number of nitrogens with one attached hydrogen (secondary N) is 1. The molecule has 0 spiro atoms. The highest BCUT2D eigenvalue weighted by Crippen LogP contribution is 2.42. The van der Waals surface area contributed by atoms with Gasteiger partial charge in [0.15, 0.2) is 0 Å². The molecule has 1 atom stereocenters. The number of rotatable bonds is 4. The molecule has 138 valence electrons. The zero-order chi connectivity index (χ0) is 18.0. The first-order valence-electron chi connectivity index (χ1n) is 9.50. The van der Waals surface area contributed by atoms with E-state index in [4.69, 9.17) is 0 Å². The topological polar surface area (TPSA) is 32.3 Å². The van der Waals surface area contributed by atoms with E-state index in [0.717, 1.165) is 17.8 Å². The zero-order valence-corrected chi connectivity index (χ0v) is 16.7. The van der Waals surface area contributed by atoms with Crippen LogP contribution in [0.3, 0.4) is 0 Å². The van der Waals surface area contributed by atoms with E-state index in [1.165, 1.54) is 44.6 Å². The molecule has 0 bridgehead atoms. The van der Waals surface area contributed by atoms with Crippen LogP contribution in [-0.2, 0) is 4.79 Å². The summed E-state index contributed by atoms with van der Waals surface area (Å²) in [5.41, 5.74) is 1.77. The quantitative estimate of drug-likeness (QED) is 0.709. The number of benzene rings is 1. The molecule has 3 nitrogen and oxygen atoms in total. The fraction of sp³-hybridized carbons (Fsp3) is 0.650. The molecule has 1 N–H and O–H groups in total. The number of carbonyl (C=O) groups excluding carboxylic acids is 1. The van der Waals surface area contributed by atoms with Crippen molar-refractivity contribution in [2.75, 3.05) is 18.0 Å². The van der Waals surface area contributed by atoms with Gasteiger partial charge in [-0.25, -0.2) is 4.39 Å². The summed E-state index contributed by atoms with van der Waals surface area (Å²) in [5, 5.41) is 3.18. The Morgan fingerprint density at radius 1 is 1.28 bits per heavy atom. The van der Waals surface area contributed by atoms with Crippen LogP contribution in [0.25, 0.3) is 0 Å². The molecule has 1 fully saturated rings. The molecule has 25 heavy (non-hydrogen) atoms. The Kier molecular flexibility index (Phi) is 6.03. The maximum Gasteiger partial charge on any atom is 0.229 e. The smallest absolute Gasteiger partial charge is 0.229 e. The molecule has 0 radical (unpaired) electrons. The summed E-state index contributed by atoms with van der Waals surface area (Å²) in [5.74, 6) is 0.167. The van der Waals surface area contributed by atoms with E-state index >= 15 is 0 Å².